The lowest BCUT2D eigenvalue weighted by Gasteiger charge is -2.20. The largest absolute Gasteiger partial charge is 0.493 e. The summed E-state index contributed by atoms with van der Waals surface area (Å²) in [4.78, 5) is 9.04. The molecule has 30 heavy (non-hydrogen) atoms. The molecule has 7 nitrogen and oxygen atoms in total. The molecule has 2 aromatic rings. The molecule has 1 aromatic heterocycles. The summed E-state index contributed by atoms with van der Waals surface area (Å²) in [5.41, 5.74) is 0.985. The van der Waals surface area contributed by atoms with Crippen LogP contribution in [-0.4, -0.2) is 37.7 Å². The Morgan fingerprint density at radius 2 is 1.73 bits per heavy atom. The summed E-state index contributed by atoms with van der Waals surface area (Å²) in [7, 11) is 3.18. The van der Waals surface area contributed by atoms with Crippen LogP contribution in [0.15, 0.2) is 41.5 Å². The van der Waals surface area contributed by atoms with Gasteiger partial charge >= 0.3 is 0 Å². The molecule has 0 aliphatic carbocycles. The van der Waals surface area contributed by atoms with E-state index in [4.69, 9.17) is 14.2 Å². The first-order valence-corrected chi connectivity index (χ1v) is 9.87. The molecule has 2 rings (SSSR count). The smallest absolute Gasteiger partial charge is 0.219 e. The van der Waals surface area contributed by atoms with E-state index in [1.807, 2.05) is 30.3 Å². The van der Waals surface area contributed by atoms with Crippen molar-refractivity contribution in [2.75, 3.05) is 20.8 Å². The van der Waals surface area contributed by atoms with Gasteiger partial charge in [-0.1, -0.05) is 26.0 Å². The van der Waals surface area contributed by atoms with Crippen molar-refractivity contribution in [3.8, 4) is 23.1 Å². The number of hydrogen-bond acceptors (Lipinski definition) is 5. The van der Waals surface area contributed by atoms with Crippen molar-refractivity contribution in [1.29, 1.82) is 0 Å². The second kappa shape index (κ2) is 13.1. The number of pyridine rings is 1. The number of aromatic nitrogens is 1. The minimum atomic E-state index is 0. The third kappa shape index (κ3) is 7.55. The zero-order valence-electron chi connectivity index (χ0n) is 18.6. The number of nitrogens with one attached hydrogen (secondary N) is 2. The molecular weight excluding hydrogens is 495 g/mol. The van der Waals surface area contributed by atoms with Crippen LogP contribution >= 0.6 is 24.0 Å². The summed E-state index contributed by atoms with van der Waals surface area (Å²) in [6.07, 6.45) is 1.76. The van der Waals surface area contributed by atoms with E-state index in [1.165, 1.54) is 0 Å². The number of rotatable bonds is 9. The number of nitrogens with zero attached hydrogens (tertiary/aromatic N) is 2. The lowest BCUT2D eigenvalue weighted by atomic mass is 10.1. The Morgan fingerprint density at radius 1 is 1.07 bits per heavy atom. The molecule has 1 unspecified atom stereocenters. The Balaban J connectivity index is 0.00000450. The molecule has 0 spiro atoms. The standard InChI is InChI=1S/C22H32N4O3.HI/c1-7-23-22(26-16(4)15(2)3)25-14-17-11-12-20(24-13-17)29-21-18(27-5)9-8-10-19(21)28-6;/h8-13,15-16H,7,14H2,1-6H3,(H2,23,25,26);1H. The second-order valence-electron chi connectivity index (χ2n) is 6.97. The highest BCUT2D eigenvalue weighted by Crippen LogP contribution is 2.39. The maximum Gasteiger partial charge on any atom is 0.219 e. The highest BCUT2D eigenvalue weighted by atomic mass is 127. The molecule has 0 bridgehead atoms. The van der Waals surface area contributed by atoms with Gasteiger partial charge in [0.25, 0.3) is 0 Å². The van der Waals surface area contributed by atoms with Gasteiger partial charge in [-0.05, 0) is 37.5 Å². The maximum absolute atomic E-state index is 5.90. The number of ether oxygens (including phenoxy) is 3. The van der Waals surface area contributed by atoms with Gasteiger partial charge in [-0.15, -0.1) is 24.0 Å². The van der Waals surface area contributed by atoms with Crippen LogP contribution in [0.5, 0.6) is 23.1 Å². The zero-order valence-corrected chi connectivity index (χ0v) is 20.9. The molecule has 8 heteroatoms. The number of hydrogen-bond donors (Lipinski definition) is 2. The van der Waals surface area contributed by atoms with Crippen LogP contribution < -0.4 is 24.8 Å². The van der Waals surface area contributed by atoms with E-state index in [2.05, 4.69) is 48.3 Å². The van der Waals surface area contributed by atoms with E-state index in [-0.39, 0.29) is 24.0 Å². The topological polar surface area (TPSA) is 77.0 Å². The summed E-state index contributed by atoms with van der Waals surface area (Å²) < 4.78 is 16.6. The average molecular weight is 528 g/mol. The van der Waals surface area contributed by atoms with Gasteiger partial charge in [0, 0.05) is 24.8 Å². The van der Waals surface area contributed by atoms with E-state index >= 15 is 0 Å². The number of guanidine groups is 1. The van der Waals surface area contributed by atoms with E-state index in [1.54, 1.807) is 20.4 Å². The van der Waals surface area contributed by atoms with Crippen LogP contribution in [0.2, 0.25) is 0 Å². The van der Waals surface area contributed by atoms with Crippen molar-refractivity contribution in [3.05, 3.63) is 42.1 Å². The normalized spacial score (nSPS) is 12.0. The monoisotopic (exact) mass is 528 g/mol. The fourth-order valence-electron chi connectivity index (χ4n) is 2.46. The second-order valence-corrected chi connectivity index (χ2v) is 6.97. The highest BCUT2D eigenvalue weighted by molar-refractivity contribution is 14.0. The molecule has 0 radical (unpaired) electrons. The predicted molar refractivity (Wildman–Crippen MR) is 132 cm³/mol. The third-order valence-corrected chi connectivity index (χ3v) is 4.52. The van der Waals surface area contributed by atoms with E-state index in [0.29, 0.717) is 41.6 Å². The molecule has 0 amide bonds. The molecule has 0 saturated heterocycles. The number of halogens is 1. The first-order chi connectivity index (χ1) is 14.0. The SMILES string of the molecule is CCNC(=NCc1ccc(Oc2c(OC)cccc2OC)nc1)NC(C)C(C)C.I. The quantitative estimate of drug-likeness (QED) is 0.281. The number of aliphatic imine (C=N–C) groups is 1. The zero-order chi connectivity index (χ0) is 21.2. The average Bonchev–Trinajstić information content (AvgIpc) is 2.73. The number of para-hydroxylation sites is 1. The first kappa shape index (κ1) is 25.8. The molecular formula is C22H33IN4O3. The lowest BCUT2D eigenvalue weighted by molar-refractivity contribution is 0.342. The molecule has 1 aromatic carbocycles. The van der Waals surface area contributed by atoms with Gasteiger partial charge in [-0.3, -0.25) is 0 Å². The summed E-state index contributed by atoms with van der Waals surface area (Å²) >= 11 is 0. The van der Waals surface area contributed by atoms with Crippen LogP contribution in [0.3, 0.4) is 0 Å². The van der Waals surface area contributed by atoms with Crippen LogP contribution in [0, 0.1) is 5.92 Å². The van der Waals surface area contributed by atoms with Gasteiger partial charge in [0.1, 0.15) is 0 Å². The molecule has 0 saturated carbocycles. The van der Waals surface area contributed by atoms with Crippen molar-refractivity contribution in [3.63, 3.8) is 0 Å². The minimum absolute atomic E-state index is 0. The van der Waals surface area contributed by atoms with Crippen molar-refractivity contribution in [1.82, 2.24) is 15.6 Å². The van der Waals surface area contributed by atoms with Crippen molar-refractivity contribution in [2.24, 2.45) is 10.9 Å². The molecule has 0 fully saturated rings. The van der Waals surface area contributed by atoms with E-state index in [9.17, 15) is 0 Å². The van der Waals surface area contributed by atoms with Gasteiger partial charge in [-0.25, -0.2) is 9.98 Å². The Kier molecular flexibility index (Phi) is 11.3. The van der Waals surface area contributed by atoms with Crippen molar-refractivity contribution < 1.29 is 14.2 Å². The minimum Gasteiger partial charge on any atom is -0.493 e. The van der Waals surface area contributed by atoms with Gasteiger partial charge < -0.3 is 24.8 Å². The fraction of sp³-hybridized carbons (Fsp3) is 0.455. The van der Waals surface area contributed by atoms with Crippen LogP contribution in [-0.2, 0) is 6.54 Å². The van der Waals surface area contributed by atoms with E-state index in [0.717, 1.165) is 18.1 Å². The Labute approximate surface area is 196 Å². The molecule has 1 atom stereocenters. The van der Waals surface area contributed by atoms with Crippen molar-refractivity contribution in [2.45, 2.75) is 40.3 Å². The highest BCUT2D eigenvalue weighted by Gasteiger charge is 2.13. The Hall–Kier alpha value is -2.23. The Bertz CT molecular complexity index is 775. The Morgan fingerprint density at radius 3 is 2.23 bits per heavy atom. The van der Waals surface area contributed by atoms with Gasteiger partial charge in [-0.2, -0.15) is 0 Å². The van der Waals surface area contributed by atoms with Crippen molar-refractivity contribution >= 4 is 29.9 Å². The summed E-state index contributed by atoms with van der Waals surface area (Å²) in [5.74, 6) is 3.44. The summed E-state index contributed by atoms with van der Waals surface area (Å²) in [6, 6.07) is 9.56. The molecule has 1 heterocycles. The number of methoxy groups -OCH3 is 2. The fourth-order valence-corrected chi connectivity index (χ4v) is 2.46. The lowest BCUT2D eigenvalue weighted by Crippen LogP contribution is -2.44. The number of benzene rings is 1. The molecule has 2 N–H and O–H groups in total. The van der Waals surface area contributed by atoms with Crippen LogP contribution in [0.1, 0.15) is 33.3 Å². The first-order valence-electron chi connectivity index (χ1n) is 9.87. The van der Waals surface area contributed by atoms with Gasteiger partial charge in [0.05, 0.1) is 20.8 Å². The van der Waals surface area contributed by atoms with Gasteiger partial charge in [0.15, 0.2) is 17.5 Å². The van der Waals surface area contributed by atoms with E-state index < -0.39 is 0 Å². The third-order valence-electron chi connectivity index (χ3n) is 4.52. The summed E-state index contributed by atoms with van der Waals surface area (Å²) in [5, 5.41) is 6.70. The van der Waals surface area contributed by atoms with Crippen LogP contribution in [0.25, 0.3) is 0 Å². The maximum atomic E-state index is 5.90. The van der Waals surface area contributed by atoms with Gasteiger partial charge in [0.2, 0.25) is 11.6 Å². The summed E-state index contributed by atoms with van der Waals surface area (Å²) in [6.45, 7) is 9.89. The predicted octanol–water partition coefficient (Wildman–Crippen LogP) is 4.61. The molecule has 0 aliphatic rings. The molecule has 166 valence electrons. The van der Waals surface area contributed by atoms with Crippen LogP contribution in [0.4, 0.5) is 0 Å². The molecule has 0 aliphatic heterocycles.